The number of carboxylic acids is 1. The molecule has 0 fully saturated rings. The van der Waals surface area contributed by atoms with Crippen LogP contribution in [0.3, 0.4) is 0 Å². The first-order valence-corrected chi connectivity index (χ1v) is 5.19. The van der Waals surface area contributed by atoms with Gasteiger partial charge in [0.25, 0.3) is 0 Å². The number of nitrogens with zero attached hydrogens (tertiary/aromatic N) is 3. The number of aromatic carboxylic acids is 1. The van der Waals surface area contributed by atoms with Crippen LogP contribution in [0, 0.1) is 0 Å². The van der Waals surface area contributed by atoms with Crippen LogP contribution in [0.2, 0.25) is 0 Å². The highest BCUT2D eigenvalue weighted by Gasteiger charge is 2.22. The van der Waals surface area contributed by atoms with Gasteiger partial charge in [-0.3, -0.25) is 0 Å². The Kier molecular flexibility index (Phi) is 3.47. The number of hydrogen-bond donors (Lipinski definition) is 1. The number of carboxylic acid groups (broad SMARTS) is 1. The lowest BCUT2D eigenvalue weighted by Crippen LogP contribution is -2.41. The molecule has 5 heteroatoms. The van der Waals surface area contributed by atoms with Crippen LogP contribution < -0.4 is 4.90 Å². The van der Waals surface area contributed by atoms with E-state index in [9.17, 15) is 4.79 Å². The van der Waals surface area contributed by atoms with E-state index in [0.29, 0.717) is 5.82 Å². The molecule has 0 aliphatic carbocycles. The van der Waals surface area contributed by atoms with Gasteiger partial charge in [-0.05, 0) is 32.4 Å². The first kappa shape index (κ1) is 12.4. The van der Waals surface area contributed by atoms with Gasteiger partial charge < -0.3 is 10.0 Å². The standard InChI is InChI=1S/C11H17N3O2/c1-5-11(2,3)14(4)9-7-6-8(10(15)16)12-13-9/h6-7H,5H2,1-4H3,(H,15,16). The van der Waals surface area contributed by atoms with Crippen molar-refractivity contribution >= 4 is 11.8 Å². The summed E-state index contributed by atoms with van der Waals surface area (Å²) in [5.74, 6) is -0.381. The average Bonchev–Trinajstić information content (AvgIpc) is 2.28. The molecule has 5 nitrogen and oxygen atoms in total. The molecule has 0 aromatic carbocycles. The minimum Gasteiger partial charge on any atom is -0.476 e. The van der Waals surface area contributed by atoms with Gasteiger partial charge in [0.1, 0.15) is 0 Å². The highest BCUT2D eigenvalue weighted by molar-refractivity contribution is 5.85. The minimum absolute atomic E-state index is 0.0284. The van der Waals surface area contributed by atoms with Gasteiger partial charge in [-0.1, -0.05) is 6.92 Å². The molecule has 88 valence electrons. The molecule has 16 heavy (non-hydrogen) atoms. The van der Waals surface area contributed by atoms with Crippen LogP contribution in [0.5, 0.6) is 0 Å². The fraction of sp³-hybridized carbons (Fsp3) is 0.545. The first-order chi connectivity index (χ1) is 7.38. The maximum absolute atomic E-state index is 10.6. The third kappa shape index (κ3) is 2.48. The second-order valence-electron chi connectivity index (χ2n) is 4.31. The largest absolute Gasteiger partial charge is 0.476 e. The molecule has 0 saturated carbocycles. The molecule has 1 heterocycles. The SMILES string of the molecule is CCC(C)(C)N(C)c1ccc(C(=O)O)nn1. The van der Waals surface area contributed by atoms with Crippen LogP contribution >= 0.6 is 0 Å². The van der Waals surface area contributed by atoms with Crippen LogP contribution in [0.15, 0.2) is 12.1 Å². The summed E-state index contributed by atoms with van der Waals surface area (Å²) < 4.78 is 0. The van der Waals surface area contributed by atoms with E-state index in [-0.39, 0.29) is 11.2 Å². The van der Waals surface area contributed by atoms with Gasteiger partial charge in [-0.2, -0.15) is 0 Å². The van der Waals surface area contributed by atoms with Crippen molar-refractivity contribution in [2.45, 2.75) is 32.7 Å². The second kappa shape index (κ2) is 4.47. The van der Waals surface area contributed by atoms with Gasteiger partial charge in [0.2, 0.25) is 0 Å². The maximum atomic E-state index is 10.6. The summed E-state index contributed by atoms with van der Waals surface area (Å²) in [6.07, 6.45) is 0.964. The minimum atomic E-state index is -1.06. The normalized spacial score (nSPS) is 11.2. The molecule has 0 radical (unpaired) electrons. The van der Waals surface area contributed by atoms with Crippen LogP contribution in [0.1, 0.15) is 37.7 Å². The predicted octanol–water partition coefficient (Wildman–Crippen LogP) is 1.80. The van der Waals surface area contributed by atoms with Crippen molar-refractivity contribution in [3.63, 3.8) is 0 Å². The zero-order valence-corrected chi connectivity index (χ0v) is 10.1. The monoisotopic (exact) mass is 223 g/mol. The number of rotatable bonds is 4. The highest BCUT2D eigenvalue weighted by atomic mass is 16.4. The summed E-state index contributed by atoms with van der Waals surface area (Å²) in [5, 5.41) is 16.3. The average molecular weight is 223 g/mol. The Morgan fingerprint density at radius 3 is 2.44 bits per heavy atom. The van der Waals surface area contributed by atoms with E-state index < -0.39 is 5.97 Å². The third-order valence-corrected chi connectivity index (χ3v) is 2.99. The van der Waals surface area contributed by atoms with Gasteiger partial charge in [-0.15, -0.1) is 10.2 Å². The van der Waals surface area contributed by atoms with Crippen molar-refractivity contribution in [3.8, 4) is 0 Å². The second-order valence-corrected chi connectivity index (χ2v) is 4.31. The zero-order valence-electron chi connectivity index (χ0n) is 10.1. The van der Waals surface area contributed by atoms with Crippen LogP contribution in [-0.4, -0.2) is 33.9 Å². The van der Waals surface area contributed by atoms with Crippen LogP contribution in [-0.2, 0) is 0 Å². The van der Waals surface area contributed by atoms with Crippen molar-refractivity contribution in [1.82, 2.24) is 10.2 Å². The van der Waals surface area contributed by atoms with E-state index in [1.165, 1.54) is 6.07 Å². The molecular weight excluding hydrogens is 206 g/mol. The van der Waals surface area contributed by atoms with E-state index >= 15 is 0 Å². The summed E-state index contributed by atoms with van der Waals surface area (Å²) >= 11 is 0. The molecule has 0 atom stereocenters. The molecule has 0 unspecified atom stereocenters. The maximum Gasteiger partial charge on any atom is 0.356 e. The summed E-state index contributed by atoms with van der Waals surface area (Å²) in [6.45, 7) is 6.29. The fourth-order valence-electron chi connectivity index (χ4n) is 1.17. The quantitative estimate of drug-likeness (QED) is 0.843. The molecule has 0 spiro atoms. The van der Waals surface area contributed by atoms with Crippen molar-refractivity contribution in [1.29, 1.82) is 0 Å². The van der Waals surface area contributed by atoms with E-state index in [2.05, 4.69) is 31.0 Å². The molecule has 0 bridgehead atoms. The molecule has 1 rings (SSSR count). The Morgan fingerprint density at radius 2 is 2.06 bits per heavy atom. The molecule has 1 N–H and O–H groups in total. The van der Waals surface area contributed by atoms with Gasteiger partial charge in [0.15, 0.2) is 11.5 Å². The zero-order chi connectivity index (χ0) is 12.3. The lowest BCUT2D eigenvalue weighted by Gasteiger charge is -2.35. The van der Waals surface area contributed by atoms with Crippen molar-refractivity contribution in [2.24, 2.45) is 0 Å². The highest BCUT2D eigenvalue weighted by Crippen LogP contribution is 2.22. The number of aromatic nitrogens is 2. The third-order valence-electron chi connectivity index (χ3n) is 2.99. The molecule has 0 aliphatic heterocycles. The smallest absolute Gasteiger partial charge is 0.356 e. The Balaban J connectivity index is 2.94. The Hall–Kier alpha value is -1.65. The van der Waals surface area contributed by atoms with E-state index in [1.807, 2.05) is 11.9 Å². The van der Waals surface area contributed by atoms with E-state index in [1.54, 1.807) is 6.07 Å². The molecule has 0 saturated heterocycles. The summed E-state index contributed by atoms with van der Waals surface area (Å²) in [5.41, 5.74) is -0.0640. The molecular formula is C11H17N3O2. The summed E-state index contributed by atoms with van der Waals surface area (Å²) in [4.78, 5) is 12.6. The number of anilines is 1. The summed E-state index contributed by atoms with van der Waals surface area (Å²) in [7, 11) is 1.92. The number of carbonyl (C=O) groups is 1. The lowest BCUT2D eigenvalue weighted by atomic mass is 10.0. The van der Waals surface area contributed by atoms with Crippen LogP contribution in [0.25, 0.3) is 0 Å². The van der Waals surface area contributed by atoms with Gasteiger partial charge in [0.05, 0.1) is 0 Å². The van der Waals surface area contributed by atoms with Crippen molar-refractivity contribution in [2.75, 3.05) is 11.9 Å². The molecule has 1 aromatic heterocycles. The molecule has 0 amide bonds. The van der Waals surface area contributed by atoms with Gasteiger partial charge >= 0.3 is 5.97 Å². The Labute approximate surface area is 95.1 Å². The topological polar surface area (TPSA) is 66.3 Å². The molecule has 1 aromatic rings. The van der Waals surface area contributed by atoms with E-state index in [0.717, 1.165) is 6.42 Å². The Bertz CT molecular complexity index is 373. The van der Waals surface area contributed by atoms with E-state index in [4.69, 9.17) is 5.11 Å². The molecule has 0 aliphatic rings. The Morgan fingerprint density at radius 1 is 1.44 bits per heavy atom. The summed E-state index contributed by atoms with van der Waals surface area (Å²) in [6, 6.07) is 3.14. The van der Waals surface area contributed by atoms with Crippen molar-refractivity contribution < 1.29 is 9.90 Å². The van der Waals surface area contributed by atoms with Crippen LogP contribution in [0.4, 0.5) is 5.82 Å². The van der Waals surface area contributed by atoms with Gasteiger partial charge in [-0.25, -0.2) is 4.79 Å². The number of hydrogen-bond acceptors (Lipinski definition) is 4. The van der Waals surface area contributed by atoms with Gasteiger partial charge in [0, 0.05) is 12.6 Å². The lowest BCUT2D eigenvalue weighted by molar-refractivity contribution is 0.0689. The predicted molar refractivity (Wildman–Crippen MR) is 61.8 cm³/mol. The van der Waals surface area contributed by atoms with Crippen molar-refractivity contribution in [3.05, 3.63) is 17.8 Å². The first-order valence-electron chi connectivity index (χ1n) is 5.19. The fourth-order valence-corrected chi connectivity index (χ4v) is 1.17.